The molecule has 0 atom stereocenters. The summed E-state index contributed by atoms with van der Waals surface area (Å²) in [7, 11) is 0. The molecule has 4 nitrogen and oxygen atoms in total. The lowest BCUT2D eigenvalue weighted by molar-refractivity contribution is 0.890. The highest BCUT2D eigenvalue weighted by Crippen LogP contribution is 2.12. The maximum absolute atomic E-state index is 10.9. The van der Waals surface area contributed by atoms with E-state index in [4.69, 9.17) is 0 Å². The normalized spacial score (nSPS) is 16.8. The van der Waals surface area contributed by atoms with Gasteiger partial charge in [0, 0.05) is 25.4 Å². The predicted molar refractivity (Wildman–Crippen MR) is 46.3 cm³/mol. The Morgan fingerprint density at radius 3 is 2.83 bits per heavy atom. The molecule has 1 fully saturated rings. The summed E-state index contributed by atoms with van der Waals surface area (Å²) in [6.07, 6.45) is 3.93. The highest BCUT2D eigenvalue weighted by molar-refractivity contribution is 5.29. The predicted octanol–water partition coefficient (Wildman–Crippen LogP) is 0.370. The van der Waals surface area contributed by atoms with Gasteiger partial charge in [0.1, 0.15) is 0 Å². The number of nitrogens with one attached hydrogen (secondary N) is 1. The smallest absolute Gasteiger partial charge is 0.252 e. The number of aromatic amines is 1. The van der Waals surface area contributed by atoms with Gasteiger partial charge in [-0.1, -0.05) is 0 Å². The number of anilines is 1. The van der Waals surface area contributed by atoms with Gasteiger partial charge < -0.3 is 4.90 Å². The number of rotatable bonds is 1. The van der Waals surface area contributed by atoms with Crippen LogP contribution < -0.4 is 10.5 Å². The fraction of sp³-hybridized carbons (Fsp3) is 0.500. The molecule has 0 saturated carbocycles. The van der Waals surface area contributed by atoms with Crippen molar-refractivity contribution >= 4 is 5.95 Å². The Labute approximate surface area is 70.2 Å². The second kappa shape index (κ2) is 2.97. The van der Waals surface area contributed by atoms with E-state index in [2.05, 4.69) is 14.9 Å². The largest absolute Gasteiger partial charge is 0.342 e. The van der Waals surface area contributed by atoms with E-state index in [0.717, 1.165) is 13.1 Å². The lowest BCUT2D eigenvalue weighted by Gasteiger charge is -2.14. The summed E-state index contributed by atoms with van der Waals surface area (Å²) in [6, 6.07) is 1.43. The molecule has 0 radical (unpaired) electrons. The Morgan fingerprint density at radius 1 is 1.42 bits per heavy atom. The Morgan fingerprint density at radius 2 is 2.17 bits per heavy atom. The average molecular weight is 165 g/mol. The summed E-state index contributed by atoms with van der Waals surface area (Å²) in [5.41, 5.74) is -0.0769. The van der Waals surface area contributed by atoms with Crippen LogP contribution in [0.2, 0.25) is 0 Å². The molecule has 0 aliphatic carbocycles. The van der Waals surface area contributed by atoms with Crippen molar-refractivity contribution in [1.82, 2.24) is 9.97 Å². The molecule has 1 aliphatic rings. The Balaban J connectivity index is 2.27. The molecule has 12 heavy (non-hydrogen) atoms. The third kappa shape index (κ3) is 1.32. The van der Waals surface area contributed by atoms with Crippen LogP contribution in [0, 0.1) is 0 Å². The van der Waals surface area contributed by atoms with Crippen molar-refractivity contribution in [3.05, 3.63) is 22.6 Å². The van der Waals surface area contributed by atoms with Crippen LogP contribution in [0.5, 0.6) is 0 Å². The molecule has 0 bridgehead atoms. The van der Waals surface area contributed by atoms with Crippen LogP contribution in [0.4, 0.5) is 5.95 Å². The van der Waals surface area contributed by atoms with Gasteiger partial charge in [-0.05, 0) is 12.8 Å². The number of aromatic nitrogens is 2. The van der Waals surface area contributed by atoms with Crippen LogP contribution in [0.25, 0.3) is 0 Å². The van der Waals surface area contributed by atoms with Crippen LogP contribution in [0.1, 0.15) is 12.8 Å². The molecular weight excluding hydrogens is 154 g/mol. The summed E-state index contributed by atoms with van der Waals surface area (Å²) in [6.45, 7) is 2.01. The summed E-state index contributed by atoms with van der Waals surface area (Å²) in [5, 5.41) is 0. The zero-order chi connectivity index (χ0) is 8.39. The van der Waals surface area contributed by atoms with Crippen LogP contribution >= 0.6 is 0 Å². The summed E-state index contributed by atoms with van der Waals surface area (Å²) >= 11 is 0. The van der Waals surface area contributed by atoms with Gasteiger partial charge in [-0.2, -0.15) is 0 Å². The number of H-pyrrole nitrogens is 1. The lowest BCUT2D eigenvalue weighted by atomic mass is 10.4. The zero-order valence-electron chi connectivity index (χ0n) is 6.79. The maximum atomic E-state index is 10.9. The monoisotopic (exact) mass is 165 g/mol. The SMILES string of the molecule is O=c1ccnc(N2CCCC2)[nH]1. The van der Waals surface area contributed by atoms with E-state index in [9.17, 15) is 4.79 Å². The highest BCUT2D eigenvalue weighted by atomic mass is 16.1. The Kier molecular flexibility index (Phi) is 1.81. The molecule has 0 unspecified atom stereocenters. The second-order valence-electron chi connectivity index (χ2n) is 2.95. The van der Waals surface area contributed by atoms with Crippen LogP contribution in [0.3, 0.4) is 0 Å². The molecule has 2 heterocycles. The van der Waals surface area contributed by atoms with Crippen molar-refractivity contribution in [3.63, 3.8) is 0 Å². The van der Waals surface area contributed by atoms with E-state index < -0.39 is 0 Å². The molecule has 1 aromatic heterocycles. The van der Waals surface area contributed by atoms with E-state index in [1.54, 1.807) is 6.20 Å². The number of hydrogen-bond donors (Lipinski definition) is 1. The first kappa shape index (κ1) is 7.34. The molecule has 1 N–H and O–H groups in total. The van der Waals surface area contributed by atoms with Crippen molar-refractivity contribution < 1.29 is 0 Å². The fourth-order valence-electron chi connectivity index (χ4n) is 1.45. The maximum Gasteiger partial charge on any atom is 0.252 e. The van der Waals surface area contributed by atoms with E-state index in [1.807, 2.05) is 0 Å². The summed E-state index contributed by atoms with van der Waals surface area (Å²) in [5.74, 6) is 0.708. The fourth-order valence-corrected chi connectivity index (χ4v) is 1.45. The van der Waals surface area contributed by atoms with Gasteiger partial charge in [-0.15, -0.1) is 0 Å². The Hall–Kier alpha value is -1.32. The number of nitrogens with zero attached hydrogens (tertiary/aromatic N) is 2. The van der Waals surface area contributed by atoms with Gasteiger partial charge in [0.15, 0.2) is 0 Å². The highest BCUT2D eigenvalue weighted by Gasteiger charge is 2.13. The third-order valence-electron chi connectivity index (χ3n) is 2.06. The van der Waals surface area contributed by atoms with Crippen molar-refractivity contribution in [3.8, 4) is 0 Å². The Bertz CT molecular complexity index is 314. The second-order valence-corrected chi connectivity index (χ2v) is 2.95. The van der Waals surface area contributed by atoms with E-state index in [0.29, 0.717) is 5.95 Å². The standard InChI is InChI=1S/C8H11N3O/c12-7-3-4-9-8(10-7)11-5-1-2-6-11/h3-4H,1-2,5-6H2,(H,9,10,12). The minimum Gasteiger partial charge on any atom is -0.342 e. The van der Waals surface area contributed by atoms with Gasteiger partial charge in [0.2, 0.25) is 5.95 Å². The number of hydrogen-bond acceptors (Lipinski definition) is 3. The van der Waals surface area contributed by atoms with Gasteiger partial charge in [0.05, 0.1) is 0 Å². The topological polar surface area (TPSA) is 49.0 Å². The first-order valence-corrected chi connectivity index (χ1v) is 4.16. The van der Waals surface area contributed by atoms with E-state index >= 15 is 0 Å². The molecule has 1 aromatic rings. The van der Waals surface area contributed by atoms with E-state index in [1.165, 1.54) is 18.9 Å². The summed E-state index contributed by atoms with van der Waals surface area (Å²) < 4.78 is 0. The van der Waals surface area contributed by atoms with Crippen LogP contribution in [-0.2, 0) is 0 Å². The first-order chi connectivity index (χ1) is 5.86. The first-order valence-electron chi connectivity index (χ1n) is 4.16. The quantitative estimate of drug-likeness (QED) is 0.654. The third-order valence-corrected chi connectivity index (χ3v) is 2.06. The average Bonchev–Trinajstić information content (AvgIpc) is 2.56. The minimum absolute atomic E-state index is 0.0769. The molecule has 1 saturated heterocycles. The minimum atomic E-state index is -0.0769. The van der Waals surface area contributed by atoms with Crippen LogP contribution in [-0.4, -0.2) is 23.1 Å². The lowest BCUT2D eigenvalue weighted by Crippen LogP contribution is -2.23. The van der Waals surface area contributed by atoms with Crippen LogP contribution in [0.15, 0.2) is 17.1 Å². The molecular formula is C8H11N3O. The molecule has 4 heteroatoms. The molecule has 0 spiro atoms. The van der Waals surface area contributed by atoms with Crippen molar-refractivity contribution in [2.75, 3.05) is 18.0 Å². The van der Waals surface area contributed by atoms with Crippen molar-refractivity contribution in [1.29, 1.82) is 0 Å². The summed E-state index contributed by atoms with van der Waals surface area (Å²) in [4.78, 5) is 19.8. The van der Waals surface area contributed by atoms with Gasteiger partial charge in [-0.25, -0.2) is 4.98 Å². The van der Waals surface area contributed by atoms with Gasteiger partial charge in [0.25, 0.3) is 5.56 Å². The molecule has 64 valence electrons. The zero-order valence-corrected chi connectivity index (χ0v) is 6.79. The molecule has 2 rings (SSSR count). The molecule has 0 aromatic carbocycles. The molecule has 0 amide bonds. The van der Waals surface area contributed by atoms with Crippen molar-refractivity contribution in [2.24, 2.45) is 0 Å². The van der Waals surface area contributed by atoms with Crippen molar-refractivity contribution in [2.45, 2.75) is 12.8 Å². The van der Waals surface area contributed by atoms with Gasteiger partial charge in [-0.3, -0.25) is 9.78 Å². The molecule has 1 aliphatic heterocycles. The van der Waals surface area contributed by atoms with E-state index in [-0.39, 0.29) is 5.56 Å². The van der Waals surface area contributed by atoms with Gasteiger partial charge >= 0.3 is 0 Å².